The third-order valence-electron chi connectivity index (χ3n) is 5.36. The highest BCUT2D eigenvalue weighted by Crippen LogP contribution is 2.38. The summed E-state index contributed by atoms with van der Waals surface area (Å²) in [5, 5.41) is 13.1. The number of fused-ring (bicyclic) bond motifs is 1. The minimum Gasteiger partial charge on any atom is -0.497 e. The fourth-order valence-electron chi connectivity index (χ4n) is 3.68. The summed E-state index contributed by atoms with van der Waals surface area (Å²) < 4.78 is 6.10. The molecular formula is C25H23N3O4. The SMILES string of the molecule is COc1ccc2c(c1)/C(=C/C(=O)c1ccc(C(=O)N=c3ccccn3O)cc1)NC2(C)C. The van der Waals surface area contributed by atoms with E-state index in [9.17, 15) is 14.8 Å². The highest BCUT2D eigenvalue weighted by Gasteiger charge is 2.33. The van der Waals surface area contributed by atoms with Crippen molar-refractivity contribution in [2.45, 2.75) is 19.4 Å². The molecule has 0 saturated heterocycles. The summed E-state index contributed by atoms with van der Waals surface area (Å²) in [5.74, 6) is 0.0126. The van der Waals surface area contributed by atoms with Gasteiger partial charge in [0.1, 0.15) is 5.75 Å². The van der Waals surface area contributed by atoms with Gasteiger partial charge in [-0.15, -0.1) is 0 Å². The van der Waals surface area contributed by atoms with Crippen molar-refractivity contribution < 1.29 is 19.5 Å². The molecule has 0 spiro atoms. The predicted octanol–water partition coefficient (Wildman–Crippen LogP) is 3.54. The van der Waals surface area contributed by atoms with Gasteiger partial charge in [-0.1, -0.05) is 24.3 Å². The first-order valence-electron chi connectivity index (χ1n) is 10.1. The Morgan fingerprint density at radius 3 is 2.47 bits per heavy atom. The van der Waals surface area contributed by atoms with E-state index in [0.717, 1.165) is 27.3 Å². The first kappa shape index (κ1) is 21.1. The lowest BCUT2D eigenvalue weighted by Crippen LogP contribution is -2.28. The average molecular weight is 429 g/mol. The number of ether oxygens (including phenoxy) is 1. The Labute approximate surface area is 185 Å². The van der Waals surface area contributed by atoms with E-state index in [1.807, 2.05) is 18.2 Å². The van der Waals surface area contributed by atoms with E-state index in [1.165, 1.54) is 12.3 Å². The molecule has 2 heterocycles. The summed E-state index contributed by atoms with van der Waals surface area (Å²) >= 11 is 0. The van der Waals surface area contributed by atoms with Crippen LogP contribution in [0.15, 0.2) is 77.9 Å². The minimum absolute atomic E-state index is 0.117. The minimum atomic E-state index is -0.517. The summed E-state index contributed by atoms with van der Waals surface area (Å²) in [6.07, 6.45) is 2.94. The van der Waals surface area contributed by atoms with Crippen LogP contribution in [0.3, 0.4) is 0 Å². The molecule has 7 heteroatoms. The molecule has 3 aromatic rings. The quantitative estimate of drug-likeness (QED) is 0.376. The number of carbonyl (C=O) groups is 2. The van der Waals surface area contributed by atoms with Gasteiger partial charge < -0.3 is 15.3 Å². The third kappa shape index (κ3) is 4.05. The number of aromatic nitrogens is 1. The highest BCUT2D eigenvalue weighted by molar-refractivity contribution is 6.09. The van der Waals surface area contributed by atoms with E-state index in [0.29, 0.717) is 11.1 Å². The van der Waals surface area contributed by atoms with Crippen LogP contribution in [0.1, 0.15) is 45.7 Å². The van der Waals surface area contributed by atoms with Crippen LogP contribution >= 0.6 is 0 Å². The Morgan fingerprint density at radius 2 is 1.78 bits per heavy atom. The molecule has 162 valence electrons. The monoisotopic (exact) mass is 429 g/mol. The van der Waals surface area contributed by atoms with Gasteiger partial charge in [0.05, 0.1) is 12.6 Å². The number of hydrogen-bond acceptors (Lipinski definition) is 5. The van der Waals surface area contributed by atoms with Gasteiger partial charge in [0.15, 0.2) is 11.3 Å². The molecule has 0 fully saturated rings. The number of benzene rings is 2. The second-order valence-corrected chi connectivity index (χ2v) is 7.98. The van der Waals surface area contributed by atoms with E-state index in [1.54, 1.807) is 49.6 Å². The van der Waals surface area contributed by atoms with Crippen LogP contribution in [0, 0.1) is 0 Å². The van der Waals surface area contributed by atoms with Gasteiger partial charge in [-0.2, -0.15) is 9.72 Å². The van der Waals surface area contributed by atoms with Crippen molar-refractivity contribution >= 4 is 17.4 Å². The van der Waals surface area contributed by atoms with Crippen molar-refractivity contribution in [3.63, 3.8) is 0 Å². The summed E-state index contributed by atoms with van der Waals surface area (Å²) in [6.45, 7) is 4.10. The molecular weight excluding hydrogens is 406 g/mol. The molecule has 2 aromatic carbocycles. The van der Waals surface area contributed by atoms with Gasteiger partial charge in [-0.05, 0) is 55.8 Å². The first-order valence-corrected chi connectivity index (χ1v) is 10.1. The van der Waals surface area contributed by atoms with Crippen LogP contribution in [-0.4, -0.2) is 28.7 Å². The van der Waals surface area contributed by atoms with Crippen molar-refractivity contribution in [1.82, 2.24) is 10.0 Å². The number of nitrogens with zero attached hydrogens (tertiary/aromatic N) is 2. The Hall–Kier alpha value is -4.13. The average Bonchev–Trinajstić information content (AvgIpc) is 3.04. The highest BCUT2D eigenvalue weighted by atomic mass is 16.5. The second-order valence-electron chi connectivity index (χ2n) is 7.98. The molecule has 4 rings (SSSR count). The van der Waals surface area contributed by atoms with Gasteiger partial charge in [-0.3, -0.25) is 9.59 Å². The zero-order valence-electron chi connectivity index (χ0n) is 18.0. The normalized spacial score (nSPS) is 15.8. The number of hydrogen-bond donors (Lipinski definition) is 2. The van der Waals surface area contributed by atoms with Gasteiger partial charge in [0.2, 0.25) is 0 Å². The molecule has 32 heavy (non-hydrogen) atoms. The topological polar surface area (TPSA) is 92.9 Å². The summed E-state index contributed by atoms with van der Waals surface area (Å²) in [5.41, 5.74) is 3.30. The van der Waals surface area contributed by atoms with Crippen LogP contribution in [0.5, 0.6) is 5.75 Å². The fraction of sp³-hybridized carbons (Fsp3) is 0.160. The van der Waals surface area contributed by atoms with Crippen molar-refractivity contribution in [3.8, 4) is 5.75 Å². The van der Waals surface area contributed by atoms with Crippen molar-refractivity contribution in [2.24, 2.45) is 4.99 Å². The van der Waals surface area contributed by atoms with E-state index in [4.69, 9.17) is 4.74 Å². The van der Waals surface area contributed by atoms with Gasteiger partial charge in [0.25, 0.3) is 5.91 Å². The maximum Gasteiger partial charge on any atom is 0.279 e. The van der Waals surface area contributed by atoms with Crippen LogP contribution < -0.4 is 15.5 Å². The Kier molecular flexibility index (Phi) is 5.40. The largest absolute Gasteiger partial charge is 0.497 e. The Morgan fingerprint density at radius 1 is 1.06 bits per heavy atom. The predicted molar refractivity (Wildman–Crippen MR) is 119 cm³/mol. The Bertz CT molecular complexity index is 1300. The smallest absolute Gasteiger partial charge is 0.279 e. The molecule has 0 aliphatic carbocycles. The lowest BCUT2D eigenvalue weighted by Gasteiger charge is -2.20. The summed E-state index contributed by atoms with van der Waals surface area (Å²) in [7, 11) is 1.61. The lowest BCUT2D eigenvalue weighted by molar-refractivity contribution is 0.0985. The number of amides is 1. The van der Waals surface area contributed by atoms with Crippen molar-refractivity contribution in [1.29, 1.82) is 0 Å². The number of rotatable bonds is 4. The van der Waals surface area contributed by atoms with Crippen molar-refractivity contribution in [2.75, 3.05) is 7.11 Å². The number of ketones is 1. The van der Waals surface area contributed by atoms with Crippen LogP contribution in [-0.2, 0) is 5.54 Å². The van der Waals surface area contributed by atoms with E-state index >= 15 is 0 Å². The molecule has 2 N–H and O–H groups in total. The summed E-state index contributed by atoms with van der Waals surface area (Å²) in [6, 6.07) is 16.9. The molecule has 0 unspecified atom stereocenters. The number of allylic oxidation sites excluding steroid dienone is 1. The lowest BCUT2D eigenvalue weighted by atomic mass is 9.94. The van der Waals surface area contributed by atoms with Crippen LogP contribution in [0.25, 0.3) is 5.70 Å². The second kappa shape index (κ2) is 8.19. The molecule has 0 saturated carbocycles. The molecule has 0 atom stereocenters. The third-order valence-corrected chi connectivity index (χ3v) is 5.36. The molecule has 0 radical (unpaired) electrons. The number of nitrogens with one attached hydrogen (secondary N) is 1. The summed E-state index contributed by atoms with van der Waals surface area (Å²) in [4.78, 5) is 29.2. The molecule has 7 nitrogen and oxygen atoms in total. The maximum absolute atomic E-state index is 12.9. The molecule has 1 aliphatic heterocycles. The zero-order chi connectivity index (χ0) is 22.9. The molecule has 1 aliphatic rings. The van der Waals surface area contributed by atoms with E-state index < -0.39 is 5.91 Å². The van der Waals surface area contributed by atoms with E-state index in [-0.39, 0.29) is 16.8 Å². The van der Waals surface area contributed by atoms with Crippen LogP contribution in [0.2, 0.25) is 0 Å². The van der Waals surface area contributed by atoms with Gasteiger partial charge in [-0.25, -0.2) is 0 Å². The fourth-order valence-corrected chi connectivity index (χ4v) is 3.68. The number of carbonyl (C=O) groups excluding carboxylic acids is 2. The first-order chi connectivity index (χ1) is 15.3. The molecule has 0 bridgehead atoms. The molecule has 1 aromatic heterocycles. The maximum atomic E-state index is 12.9. The van der Waals surface area contributed by atoms with Gasteiger partial charge in [0, 0.05) is 34.7 Å². The number of methoxy groups -OCH3 is 1. The molecule has 1 amide bonds. The van der Waals surface area contributed by atoms with Crippen LogP contribution in [0.4, 0.5) is 0 Å². The van der Waals surface area contributed by atoms with E-state index in [2.05, 4.69) is 24.2 Å². The zero-order valence-corrected chi connectivity index (χ0v) is 18.0. The Balaban J connectivity index is 1.59. The van der Waals surface area contributed by atoms with Crippen molar-refractivity contribution in [3.05, 3.63) is 101 Å². The number of pyridine rings is 1. The van der Waals surface area contributed by atoms with Gasteiger partial charge >= 0.3 is 0 Å². The standard InChI is InChI=1S/C25H23N3O4/c1-25(2)20-12-11-18(32-3)14-19(20)21(27-25)15-22(29)16-7-9-17(10-8-16)24(30)26-23-6-4-5-13-28(23)31/h4-15,27,31H,1-3H3/b21-15-,26-23?.